The Kier molecular flexibility index (Phi) is 4.72. The third kappa shape index (κ3) is 4.91. The van der Waals surface area contributed by atoms with Crippen molar-refractivity contribution in [3.05, 3.63) is 29.3 Å². The minimum Gasteiger partial charge on any atom is -0.207 e. The van der Waals surface area contributed by atoms with Gasteiger partial charge in [0.1, 0.15) is 0 Å². The van der Waals surface area contributed by atoms with E-state index < -0.39 is 15.6 Å². The molecule has 0 saturated heterocycles. The standard InChI is InChI=1S/C16H27NO2S/c1-12-8-9-13(2)14(10-12)20(18,19)17-16(6,7)11-15(3,4)5/h8-10,17H,11H2,1-7H3. The van der Waals surface area contributed by atoms with Gasteiger partial charge in [-0.15, -0.1) is 0 Å². The lowest BCUT2D eigenvalue weighted by Crippen LogP contribution is -2.45. The van der Waals surface area contributed by atoms with Gasteiger partial charge in [-0.3, -0.25) is 0 Å². The molecule has 4 heteroatoms. The molecular formula is C16H27NO2S. The molecule has 0 aromatic heterocycles. The Balaban J connectivity index is 3.09. The molecule has 0 bridgehead atoms. The Morgan fingerprint density at radius 2 is 1.60 bits per heavy atom. The highest BCUT2D eigenvalue weighted by molar-refractivity contribution is 7.89. The Hall–Kier alpha value is -0.870. The first-order chi connectivity index (χ1) is 8.82. The lowest BCUT2D eigenvalue weighted by atomic mass is 9.82. The first-order valence-electron chi connectivity index (χ1n) is 6.94. The maximum absolute atomic E-state index is 12.6. The highest BCUT2D eigenvalue weighted by atomic mass is 32.2. The molecule has 0 heterocycles. The fraction of sp³-hybridized carbons (Fsp3) is 0.625. The van der Waals surface area contributed by atoms with E-state index in [1.54, 1.807) is 6.07 Å². The van der Waals surface area contributed by atoms with Gasteiger partial charge in [0, 0.05) is 5.54 Å². The third-order valence-corrected chi connectivity index (χ3v) is 4.86. The van der Waals surface area contributed by atoms with Gasteiger partial charge >= 0.3 is 0 Å². The summed E-state index contributed by atoms with van der Waals surface area (Å²) in [5, 5.41) is 0. The second kappa shape index (κ2) is 5.49. The largest absolute Gasteiger partial charge is 0.241 e. The fourth-order valence-corrected chi connectivity index (χ4v) is 4.52. The van der Waals surface area contributed by atoms with Gasteiger partial charge in [0.25, 0.3) is 0 Å². The van der Waals surface area contributed by atoms with Crippen LogP contribution in [0.1, 0.15) is 52.2 Å². The number of hydrogen-bond donors (Lipinski definition) is 1. The molecule has 0 amide bonds. The van der Waals surface area contributed by atoms with Crippen molar-refractivity contribution in [2.45, 2.75) is 65.3 Å². The van der Waals surface area contributed by atoms with Crippen molar-refractivity contribution in [3.63, 3.8) is 0 Å². The molecule has 114 valence electrons. The van der Waals surface area contributed by atoms with E-state index in [0.717, 1.165) is 17.5 Å². The molecule has 1 rings (SSSR count). The van der Waals surface area contributed by atoms with Gasteiger partial charge in [-0.1, -0.05) is 32.9 Å². The summed E-state index contributed by atoms with van der Waals surface area (Å²) in [7, 11) is -3.49. The van der Waals surface area contributed by atoms with Gasteiger partial charge in [-0.05, 0) is 56.7 Å². The van der Waals surface area contributed by atoms with Crippen LogP contribution in [-0.4, -0.2) is 14.0 Å². The van der Waals surface area contributed by atoms with Crippen LogP contribution >= 0.6 is 0 Å². The second-order valence-corrected chi connectivity index (χ2v) is 9.15. The van der Waals surface area contributed by atoms with E-state index in [0.29, 0.717) is 4.90 Å². The molecule has 0 aliphatic rings. The number of hydrogen-bond acceptors (Lipinski definition) is 2. The van der Waals surface area contributed by atoms with Crippen LogP contribution in [0.15, 0.2) is 23.1 Å². The molecule has 3 nitrogen and oxygen atoms in total. The van der Waals surface area contributed by atoms with E-state index in [9.17, 15) is 8.42 Å². The predicted molar refractivity (Wildman–Crippen MR) is 84.4 cm³/mol. The van der Waals surface area contributed by atoms with Crippen LogP contribution in [0.5, 0.6) is 0 Å². The molecule has 0 saturated carbocycles. The highest BCUT2D eigenvalue weighted by Gasteiger charge is 2.31. The zero-order valence-corrected chi connectivity index (χ0v) is 14.5. The Morgan fingerprint density at radius 3 is 2.10 bits per heavy atom. The van der Waals surface area contributed by atoms with Crippen molar-refractivity contribution in [1.82, 2.24) is 4.72 Å². The van der Waals surface area contributed by atoms with Crippen LogP contribution in [-0.2, 0) is 10.0 Å². The SMILES string of the molecule is Cc1ccc(C)c(S(=O)(=O)NC(C)(C)CC(C)(C)C)c1. The van der Waals surface area contributed by atoms with E-state index in [-0.39, 0.29) is 5.41 Å². The summed E-state index contributed by atoms with van der Waals surface area (Å²) in [6, 6.07) is 5.50. The second-order valence-electron chi connectivity index (χ2n) is 7.50. The number of rotatable bonds is 4. The maximum Gasteiger partial charge on any atom is 0.241 e. The molecular weight excluding hydrogens is 270 g/mol. The van der Waals surface area contributed by atoms with Gasteiger partial charge in [0.2, 0.25) is 10.0 Å². The summed E-state index contributed by atoms with van der Waals surface area (Å²) in [5.74, 6) is 0. The average molecular weight is 297 g/mol. The molecule has 1 N–H and O–H groups in total. The molecule has 0 atom stereocenters. The highest BCUT2D eigenvalue weighted by Crippen LogP contribution is 2.28. The van der Waals surface area contributed by atoms with E-state index in [1.807, 2.05) is 39.8 Å². The van der Waals surface area contributed by atoms with Crippen molar-refractivity contribution in [2.75, 3.05) is 0 Å². The number of benzene rings is 1. The minimum atomic E-state index is -3.49. The van der Waals surface area contributed by atoms with Gasteiger partial charge < -0.3 is 0 Å². The Labute approximate surface area is 123 Å². The van der Waals surface area contributed by atoms with Gasteiger partial charge in [0.15, 0.2) is 0 Å². The molecule has 0 aliphatic heterocycles. The van der Waals surface area contributed by atoms with Gasteiger partial charge in [-0.25, -0.2) is 13.1 Å². The van der Waals surface area contributed by atoms with Crippen molar-refractivity contribution in [1.29, 1.82) is 0 Å². The molecule has 20 heavy (non-hydrogen) atoms. The summed E-state index contributed by atoms with van der Waals surface area (Å²) >= 11 is 0. The number of nitrogens with one attached hydrogen (secondary N) is 1. The van der Waals surface area contributed by atoms with Gasteiger partial charge in [-0.2, -0.15) is 0 Å². The smallest absolute Gasteiger partial charge is 0.207 e. The van der Waals surface area contributed by atoms with Crippen molar-refractivity contribution < 1.29 is 8.42 Å². The van der Waals surface area contributed by atoms with E-state index in [2.05, 4.69) is 25.5 Å². The summed E-state index contributed by atoms with van der Waals surface area (Å²) in [6.45, 7) is 13.9. The minimum absolute atomic E-state index is 0.0632. The van der Waals surface area contributed by atoms with Crippen LogP contribution in [0.3, 0.4) is 0 Å². The van der Waals surface area contributed by atoms with Crippen LogP contribution in [0, 0.1) is 19.3 Å². The first-order valence-corrected chi connectivity index (χ1v) is 8.42. The normalized spacial score (nSPS) is 13.6. The predicted octanol–water partition coefficient (Wildman–Crippen LogP) is 3.80. The third-order valence-electron chi connectivity index (χ3n) is 3.02. The lowest BCUT2D eigenvalue weighted by Gasteiger charge is -2.33. The van der Waals surface area contributed by atoms with Crippen LogP contribution in [0.4, 0.5) is 0 Å². The molecule has 1 aromatic rings. The van der Waals surface area contributed by atoms with Crippen molar-refractivity contribution >= 4 is 10.0 Å². The van der Waals surface area contributed by atoms with Gasteiger partial charge in [0.05, 0.1) is 4.90 Å². The molecule has 0 aliphatic carbocycles. The van der Waals surface area contributed by atoms with Crippen molar-refractivity contribution in [2.24, 2.45) is 5.41 Å². The molecule has 0 spiro atoms. The zero-order chi connectivity index (χ0) is 15.8. The summed E-state index contributed by atoms with van der Waals surface area (Å²) in [5.41, 5.74) is 1.31. The average Bonchev–Trinajstić information content (AvgIpc) is 2.15. The van der Waals surface area contributed by atoms with E-state index >= 15 is 0 Å². The Bertz CT molecular complexity index is 581. The van der Waals surface area contributed by atoms with Crippen LogP contribution in [0.25, 0.3) is 0 Å². The number of aryl methyl sites for hydroxylation is 2. The lowest BCUT2D eigenvalue weighted by molar-refractivity contribution is 0.269. The van der Waals surface area contributed by atoms with Crippen molar-refractivity contribution in [3.8, 4) is 0 Å². The molecule has 1 aromatic carbocycles. The summed E-state index contributed by atoms with van der Waals surface area (Å²) in [6.07, 6.45) is 0.768. The quantitative estimate of drug-likeness (QED) is 0.919. The fourth-order valence-electron chi connectivity index (χ4n) is 2.78. The Morgan fingerprint density at radius 1 is 1.05 bits per heavy atom. The van der Waals surface area contributed by atoms with Crippen LogP contribution < -0.4 is 4.72 Å². The topological polar surface area (TPSA) is 46.2 Å². The summed E-state index contributed by atoms with van der Waals surface area (Å²) < 4.78 is 28.0. The summed E-state index contributed by atoms with van der Waals surface area (Å²) in [4.78, 5) is 0.375. The maximum atomic E-state index is 12.6. The molecule has 0 unspecified atom stereocenters. The van der Waals surface area contributed by atoms with E-state index in [1.165, 1.54) is 0 Å². The first kappa shape index (κ1) is 17.2. The molecule has 0 fully saturated rings. The number of sulfonamides is 1. The zero-order valence-electron chi connectivity index (χ0n) is 13.7. The van der Waals surface area contributed by atoms with Crippen LogP contribution in [0.2, 0.25) is 0 Å². The van der Waals surface area contributed by atoms with E-state index in [4.69, 9.17) is 0 Å². The molecule has 0 radical (unpaired) electrons. The monoisotopic (exact) mass is 297 g/mol.